The van der Waals surface area contributed by atoms with Gasteiger partial charge in [0.2, 0.25) is 5.82 Å². The Kier molecular flexibility index (Phi) is 4.15. The first-order valence-corrected chi connectivity index (χ1v) is 7.58. The molecular formula is C14H21N3O2S. The van der Waals surface area contributed by atoms with Crippen molar-refractivity contribution in [1.82, 2.24) is 10.1 Å². The first kappa shape index (κ1) is 15.0. The van der Waals surface area contributed by atoms with E-state index in [0.717, 1.165) is 17.5 Å². The van der Waals surface area contributed by atoms with Gasteiger partial charge in [-0.1, -0.05) is 12.1 Å². The second-order valence-electron chi connectivity index (χ2n) is 4.96. The summed E-state index contributed by atoms with van der Waals surface area (Å²) in [5.74, 6) is 1.04. The lowest BCUT2D eigenvalue weighted by atomic mass is 10.0. The van der Waals surface area contributed by atoms with Crippen LogP contribution in [0.25, 0.3) is 11.5 Å². The fraction of sp³-hybridized carbons (Fsp3) is 0.571. The van der Waals surface area contributed by atoms with E-state index in [0.29, 0.717) is 23.3 Å². The largest absolute Gasteiger partial charge is 0.390 e. The van der Waals surface area contributed by atoms with Crippen LogP contribution in [0.15, 0.2) is 4.52 Å². The number of aromatic nitrogens is 2. The molecule has 2 rings (SSSR count). The van der Waals surface area contributed by atoms with E-state index >= 15 is 0 Å². The van der Waals surface area contributed by atoms with E-state index in [1.54, 1.807) is 11.3 Å². The lowest BCUT2D eigenvalue weighted by Gasteiger charge is -2.23. The zero-order valence-electron chi connectivity index (χ0n) is 12.6. The molecular weight excluding hydrogens is 274 g/mol. The number of rotatable bonds is 5. The predicted octanol–water partition coefficient (Wildman–Crippen LogP) is 3.66. The zero-order valence-corrected chi connectivity index (χ0v) is 13.4. The van der Waals surface area contributed by atoms with Crippen LogP contribution in [0.5, 0.6) is 0 Å². The fourth-order valence-electron chi connectivity index (χ4n) is 2.10. The summed E-state index contributed by atoms with van der Waals surface area (Å²) >= 11 is 1.54. The zero-order chi connectivity index (χ0) is 14.9. The van der Waals surface area contributed by atoms with Crippen LogP contribution >= 0.6 is 11.3 Å². The smallest absolute Gasteiger partial charge is 0.261 e. The Morgan fingerprint density at radius 3 is 2.55 bits per heavy atom. The number of nitrogen functional groups attached to an aromatic ring is 1. The van der Waals surface area contributed by atoms with Crippen molar-refractivity contribution in [2.45, 2.75) is 46.6 Å². The highest BCUT2D eigenvalue weighted by molar-refractivity contribution is 7.16. The SMILES string of the molecule is CCOC(C)(CC)c1noc(-c2c(N)sc(C)c2C)n1. The van der Waals surface area contributed by atoms with E-state index in [1.807, 2.05) is 34.6 Å². The normalized spacial score (nSPS) is 14.4. The van der Waals surface area contributed by atoms with Crippen LogP contribution in [0, 0.1) is 13.8 Å². The second kappa shape index (κ2) is 5.54. The van der Waals surface area contributed by atoms with Crippen LogP contribution in [0.3, 0.4) is 0 Å². The number of thiophene rings is 1. The molecule has 0 aliphatic rings. The maximum absolute atomic E-state index is 6.04. The van der Waals surface area contributed by atoms with Gasteiger partial charge in [-0.25, -0.2) is 0 Å². The lowest BCUT2D eigenvalue weighted by molar-refractivity contribution is -0.0403. The minimum absolute atomic E-state index is 0.471. The topological polar surface area (TPSA) is 74.2 Å². The lowest BCUT2D eigenvalue weighted by Crippen LogP contribution is -2.26. The van der Waals surface area contributed by atoms with Crippen molar-refractivity contribution in [2.24, 2.45) is 0 Å². The van der Waals surface area contributed by atoms with Crippen molar-refractivity contribution >= 4 is 16.3 Å². The van der Waals surface area contributed by atoms with Crippen molar-refractivity contribution in [3.05, 3.63) is 16.3 Å². The predicted molar refractivity (Wildman–Crippen MR) is 80.8 cm³/mol. The van der Waals surface area contributed by atoms with Gasteiger partial charge in [0.05, 0.1) is 10.6 Å². The van der Waals surface area contributed by atoms with Gasteiger partial charge >= 0.3 is 0 Å². The van der Waals surface area contributed by atoms with Gasteiger partial charge in [-0.15, -0.1) is 11.3 Å². The van der Waals surface area contributed by atoms with Crippen LogP contribution in [-0.4, -0.2) is 16.7 Å². The van der Waals surface area contributed by atoms with Crippen molar-refractivity contribution in [3.63, 3.8) is 0 Å². The first-order valence-electron chi connectivity index (χ1n) is 6.77. The number of hydrogen-bond acceptors (Lipinski definition) is 6. The van der Waals surface area contributed by atoms with Gasteiger partial charge in [-0.2, -0.15) is 4.98 Å². The van der Waals surface area contributed by atoms with E-state index in [4.69, 9.17) is 15.0 Å². The average Bonchev–Trinajstić information content (AvgIpc) is 2.96. The average molecular weight is 295 g/mol. The summed E-state index contributed by atoms with van der Waals surface area (Å²) in [6.07, 6.45) is 0.775. The highest BCUT2D eigenvalue weighted by Gasteiger charge is 2.32. The fourth-order valence-corrected chi connectivity index (χ4v) is 3.03. The molecule has 0 spiro atoms. The highest BCUT2D eigenvalue weighted by Crippen LogP contribution is 2.38. The molecule has 2 N–H and O–H groups in total. The van der Waals surface area contributed by atoms with Crippen LogP contribution in [0.2, 0.25) is 0 Å². The Hall–Kier alpha value is -1.40. The van der Waals surface area contributed by atoms with Gasteiger partial charge in [0.25, 0.3) is 5.89 Å². The molecule has 5 nitrogen and oxygen atoms in total. The molecule has 0 amide bonds. The maximum atomic E-state index is 6.04. The minimum Gasteiger partial charge on any atom is -0.390 e. The van der Waals surface area contributed by atoms with E-state index in [2.05, 4.69) is 10.1 Å². The molecule has 110 valence electrons. The standard InChI is InChI=1S/C14H21N3O2S/c1-6-14(5,18-7-2)13-16-12(19-17-13)10-8(3)9(4)20-11(10)15/h6-7,15H2,1-5H3. The minimum atomic E-state index is -0.524. The summed E-state index contributed by atoms with van der Waals surface area (Å²) in [5, 5.41) is 4.80. The summed E-state index contributed by atoms with van der Waals surface area (Å²) in [6, 6.07) is 0. The van der Waals surface area contributed by atoms with Crippen molar-refractivity contribution < 1.29 is 9.26 Å². The third-order valence-corrected chi connectivity index (χ3v) is 4.70. The Labute approximate surface area is 123 Å². The molecule has 0 fully saturated rings. The van der Waals surface area contributed by atoms with Crippen LogP contribution < -0.4 is 5.73 Å². The van der Waals surface area contributed by atoms with Crippen LogP contribution in [-0.2, 0) is 10.3 Å². The molecule has 6 heteroatoms. The number of ether oxygens (including phenoxy) is 1. The number of anilines is 1. The van der Waals surface area contributed by atoms with Gasteiger partial charge in [0.1, 0.15) is 5.60 Å². The summed E-state index contributed by atoms with van der Waals surface area (Å²) in [7, 11) is 0. The summed E-state index contributed by atoms with van der Waals surface area (Å²) in [6.45, 7) is 10.6. The quantitative estimate of drug-likeness (QED) is 0.911. The van der Waals surface area contributed by atoms with Crippen LogP contribution in [0.4, 0.5) is 5.00 Å². The molecule has 0 aliphatic heterocycles. The third-order valence-electron chi connectivity index (χ3n) is 3.66. The number of aryl methyl sites for hydroxylation is 1. The van der Waals surface area contributed by atoms with E-state index < -0.39 is 5.60 Å². The van der Waals surface area contributed by atoms with Crippen molar-refractivity contribution in [2.75, 3.05) is 12.3 Å². The summed E-state index contributed by atoms with van der Waals surface area (Å²) in [4.78, 5) is 5.67. The molecule has 20 heavy (non-hydrogen) atoms. The Morgan fingerprint density at radius 1 is 1.35 bits per heavy atom. The van der Waals surface area contributed by atoms with E-state index in [9.17, 15) is 0 Å². The molecule has 2 aromatic heterocycles. The third kappa shape index (κ3) is 2.45. The molecule has 0 saturated heterocycles. The van der Waals surface area contributed by atoms with Gasteiger partial charge in [0, 0.05) is 11.5 Å². The maximum Gasteiger partial charge on any atom is 0.261 e. The van der Waals surface area contributed by atoms with Crippen molar-refractivity contribution in [1.29, 1.82) is 0 Å². The molecule has 2 heterocycles. The molecule has 2 aromatic rings. The van der Waals surface area contributed by atoms with Gasteiger partial charge in [-0.05, 0) is 39.7 Å². The molecule has 1 unspecified atom stereocenters. The van der Waals surface area contributed by atoms with Crippen LogP contribution in [0.1, 0.15) is 43.5 Å². The first-order chi connectivity index (χ1) is 9.42. The van der Waals surface area contributed by atoms with E-state index in [-0.39, 0.29) is 0 Å². The molecule has 1 atom stereocenters. The second-order valence-corrected chi connectivity index (χ2v) is 6.22. The molecule has 0 radical (unpaired) electrons. The van der Waals surface area contributed by atoms with Gasteiger partial charge in [-0.3, -0.25) is 0 Å². The van der Waals surface area contributed by atoms with Gasteiger partial charge < -0.3 is 15.0 Å². The molecule has 0 aliphatic carbocycles. The monoisotopic (exact) mass is 295 g/mol. The van der Waals surface area contributed by atoms with Crippen molar-refractivity contribution in [3.8, 4) is 11.5 Å². The summed E-state index contributed by atoms with van der Waals surface area (Å²) in [5.41, 5.74) is 7.46. The molecule has 0 saturated carbocycles. The Bertz CT molecular complexity index is 606. The number of hydrogen-bond donors (Lipinski definition) is 1. The Morgan fingerprint density at radius 2 is 2.05 bits per heavy atom. The Balaban J connectivity index is 2.43. The molecule has 0 bridgehead atoms. The van der Waals surface area contributed by atoms with Gasteiger partial charge in [0.15, 0.2) is 0 Å². The van der Waals surface area contributed by atoms with E-state index in [1.165, 1.54) is 4.88 Å². The number of nitrogens with zero attached hydrogens (tertiary/aromatic N) is 2. The summed E-state index contributed by atoms with van der Waals surface area (Å²) < 4.78 is 11.2. The molecule has 0 aromatic carbocycles. The highest BCUT2D eigenvalue weighted by atomic mass is 32.1. The number of nitrogens with two attached hydrogens (primary N) is 1.